The average Bonchev–Trinajstić information content (AvgIpc) is 1.77. The van der Waals surface area contributed by atoms with Crippen molar-refractivity contribution in [2.75, 3.05) is 0 Å². The molecule has 0 spiro atoms. The lowest BCUT2D eigenvalue weighted by atomic mass is 10.4. The van der Waals surface area contributed by atoms with Crippen LogP contribution in [0.25, 0.3) is 0 Å². The van der Waals surface area contributed by atoms with Gasteiger partial charge in [-0.1, -0.05) is 12.1 Å². The van der Waals surface area contributed by atoms with Crippen molar-refractivity contribution >= 4 is 29.4 Å². The van der Waals surface area contributed by atoms with Gasteiger partial charge in [0.2, 0.25) is 0 Å². The second-order valence-corrected chi connectivity index (χ2v) is 2.27. The predicted octanol–water partition coefficient (Wildman–Crippen LogP) is 2.70. The molecule has 50 valence electrons. The first kappa shape index (κ1) is 8.98. The summed E-state index contributed by atoms with van der Waals surface area (Å²) in [7, 11) is 0. The van der Waals surface area contributed by atoms with Crippen LogP contribution in [0.5, 0.6) is 0 Å². The van der Waals surface area contributed by atoms with E-state index in [1.807, 2.05) is 0 Å². The Balaban J connectivity index is 0.000000640. The van der Waals surface area contributed by atoms with Gasteiger partial charge in [-0.2, -0.15) is 13.5 Å². The van der Waals surface area contributed by atoms with Crippen molar-refractivity contribution in [1.82, 2.24) is 0 Å². The normalized spacial score (nSPS) is 8.22. The third-order valence-corrected chi connectivity index (χ3v) is 1.47. The molecule has 0 nitrogen and oxygen atoms in total. The smallest absolute Gasteiger partial charge is 0.137 e. The molecule has 0 atom stereocenters. The molecule has 0 amide bonds. The number of hydrogen-bond acceptors (Lipinski definition) is 0. The highest BCUT2D eigenvalue weighted by Crippen LogP contribution is 2.12. The van der Waals surface area contributed by atoms with Gasteiger partial charge in [0, 0.05) is 0 Å². The van der Waals surface area contributed by atoms with Crippen LogP contribution in [0.2, 0.25) is 0 Å². The number of halogens is 2. The standard InChI is InChI=1S/C6H4BrF.H2S/c7-5-3-1-2-4-6(5)8;/h1-4H;1H2. The van der Waals surface area contributed by atoms with Crippen LogP contribution >= 0.6 is 29.4 Å². The van der Waals surface area contributed by atoms with Crippen LogP contribution in [0.3, 0.4) is 0 Å². The van der Waals surface area contributed by atoms with Gasteiger partial charge in [0.1, 0.15) is 5.82 Å². The van der Waals surface area contributed by atoms with Crippen LogP contribution in [0.15, 0.2) is 28.7 Å². The Morgan fingerprint density at radius 3 is 2.11 bits per heavy atom. The monoisotopic (exact) mass is 208 g/mol. The van der Waals surface area contributed by atoms with E-state index < -0.39 is 0 Å². The quantitative estimate of drug-likeness (QED) is 0.616. The zero-order valence-electron chi connectivity index (χ0n) is 4.57. The van der Waals surface area contributed by atoms with Gasteiger partial charge in [0.15, 0.2) is 0 Å². The van der Waals surface area contributed by atoms with Crippen LogP contribution in [-0.4, -0.2) is 0 Å². The Labute approximate surface area is 68.7 Å². The highest BCUT2D eigenvalue weighted by molar-refractivity contribution is 9.10. The van der Waals surface area contributed by atoms with Crippen molar-refractivity contribution in [3.05, 3.63) is 34.6 Å². The van der Waals surface area contributed by atoms with Gasteiger partial charge in [0.25, 0.3) is 0 Å². The van der Waals surface area contributed by atoms with Gasteiger partial charge in [-0.15, -0.1) is 0 Å². The van der Waals surface area contributed by atoms with E-state index in [1.165, 1.54) is 6.07 Å². The molecule has 1 rings (SSSR count). The summed E-state index contributed by atoms with van der Waals surface area (Å²) in [5.74, 6) is -0.215. The van der Waals surface area contributed by atoms with E-state index in [1.54, 1.807) is 18.2 Å². The molecular weight excluding hydrogens is 203 g/mol. The second kappa shape index (κ2) is 3.90. The molecule has 0 saturated heterocycles. The maximum atomic E-state index is 12.3. The van der Waals surface area contributed by atoms with Crippen molar-refractivity contribution in [2.24, 2.45) is 0 Å². The molecule has 0 aromatic heterocycles. The lowest BCUT2D eigenvalue weighted by Crippen LogP contribution is -1.70. The van der Waals surface area contributed by atoms with E-state index >= 15 is 0 Å². The van der Waals surface area contributed by atoms with Gasteiger partial charge in [-0.25, -0.2) is 4.39 Å². The van der Waals surface area contributed by atoms with Gasteiger partial charge < -0.3 is 0 Å². The molecule has 0 unspecified atom stereocenters. The van der Waals surface area contributed by atoms with Crippen molar-refractivity contribution in [3.63, 3.8) is 0 Å². The third kappa shape index (κ3) is 2.37. The molecular formula is C6H6BrFS. The summed E-state index contributed by atoms with van der Waals surface area (Å²) in [5.41, 5.74) is 0. The molecule has 9 heavy (non-hydrogen) atoms. The minimum Gasteiger partial charge on any atom is -0.206 e. The highest BCUT2D eigenvalue weighted by Gasteiger charge is 1.90. The number of rotatable bonds is 0. The fourth-order valence-corrected chi connectivity index (χ4v) is 0.724. The topological polar surface area (TPSA) is 0 Å². The lowest BCUT2D eigenvalue weighted by Gasteiger charge is -1.87. The molecule has 0 fully saturated rings. The van der Waals surface area contributed by atoms with E-state index in [0.29, 0.717) is 4.47 Å². The summed E-state index contributed by atoms with van der Waals surface area (Å²) in [4.78, 5) is 0. The van der Waals surface area contributed by atoms with Crippen LogP contribution < -0.4 is 0 Å². The number of hydrogen-bond donors (Lipinski definition) is 0. The van der Waals surface area contributed by atoms with E-state index in [4.69, 9.17) is 0 Å². The first-order valence-electron chi connectivity index (χ1n) is 2.21. The zero-order valence-corrected chi connectivity index (χ0v) is 7.15. The molecule has 0 saturated carbocycles. The fraction of sp³-hybridized carbons (Fsp3) is 0. The number of benzene rings is 1. The minimum absolute atomic E-state index is 0. The summed E-state index contributed by atoms with van der Waals surface area (Å²) in [6.45, 7) is 0. The summed E-state index contributed by atoms with van der Waals surface area (Å²) >= 11 is 3.02. The molecule has 0 radical (unpaired) electrons. The van der Waals surface area contributed by atoms with Gasteiger partial charge in [0.05, 0.1) is 4.47 Å². The van der Waals surface area contributed by atoms with Crippen LogP contribution in [0, 0.1) is 5.82 Å². The fourth-order valence-electron chi connectivity index (χ4n) is 0.439. The van der Waals surface area contributed by atoms with Gasteiger partial charge in [-0.05, 0) is 28.1 Å². The van der Waals surface area contributed by atoms with Crippen molar-refractivity contribution in [1.29, 1.82) is 0 Å². The Morgan fingerprint density at radius 2 is 1.78 bits per heavy atom. The van der Waals surface area contributed by atoms with Crippen LogP contribution in [0.4, 0.5) is 4.39 Å². The van der Waals surface area contributed by atoms with Crippen LogP contribution in [-0.2, 0) is 0 Å². The van der Waals surface area contributed by atoms with Crippen molar-refractivity contribution < 1.29 is 4.39 Å². The summed E-state index contributed by atoms with van der Waals surface area (Å²) in [6, 6.07) is 6.49. The van der Waals surface area contributed by atoms with Gasteiger partial charge in [-0.3, -0.25) is 0 Å². The Kier molecular flexibility index (Phi) is 3.89. The average molecular weight is 209 g/mol. The minimum atomic E-state index is -0.215. The molecule has 0 aliphatic carbocycles. The zero-order chi connectivity index (χ0) is 5.98. The van der Waals surface area contributed by atoms with E-state index in [0.717, 1.165) is 0 Å². The van der Waals surface area contributed by atoms with Crippen molar-refractivity contribution in [3.8, 4) is 0 Å². The molecule has 0 N–H and O–H groups in total. The summed E-state index contributed by atoms with van der Waals surface area (Å²) in [5, 5.41) is 0. The van der Waals surface area contributed by atoms with E-state index in [-0.39, 0.29) is 19.3 Å². The summed E-state index contributed by atoms with van der Waals surface area (Å²) in [6.07, 6.45) is 0. The SMILES string of the molecule is Fc1ccccc1Br.S. The largest absolute Gasteiger partial charge is 0.206 e. The molecule has 0 aliphatic rings. The Hall–Kier alpha value is -0.0200. The van der Waals surface area contributed by atoms with Gasteiger partial charge >= 0.3 is 0 Å². The maximum Gasteiger partial charge on any atom is 0.137 e. The molecule has 3 heteroatoms. The first-order valence-corrected chi connectivity index (χ1v) is 3.00. The van der Waals surface area contributed by atoms with Crippen molar-refractivity contribution in [2.45, 2.75) is 0 Å². The molecule has 1 aromatic rings. The first-order chi connectivity index (χ1) is 3.80. The predicted molar refractivity (Wildman–Crippen MR) is 44.5 cm³/mol. The van der Waals surface area contributed by atoms with E-state index in [9.17, 15) is 4.39 Å². The molecule has 0 heterocycles. The second-order valence-electron chi connectivity index (χ2n) is 1.41. The maximum absolute atomic E-state index is 12.3. The van der Waals surface area contributed by atoms with Crippen LogP contribution in [0.1, 0.15) is 0 Å². The Bertz CT molecular complexity index is 169. The highest BCUT2D eigenvalue weighted by atomic mass is 79.9. The van der Waals surface area contributed by atoms with E-state index in [2.05, 4.69) is 15.9 Å². The lowest BCUT2D eigenvalue weighted by molar-refractivity contribution is 0.621. The third-order valence-electron chi connectivity index (χ3n) is 0.824. The molecule has 0 bridgehead atoms. The molecule has 0 aliphatic heterocycles. The summed E-state index contributed by atoms with van der Waals surface area (Å²) < 4.78 is 12.8. The molecule has 1 aromatic carbocycles. The Morgan fingerprint density at radius 1 is 1.22 bits per heavy atom.